The fraction of sp³-hybridized carbons (Fsp3) is 0.333. The zero-order valence-electron chi connectivity index (χ0n) is 20.3. The molecule has 0 bridgehead atoms. The maximum Gasteiger partial charge on any atom is 0.243 e. The first-order valence-corrected chi connectivity index (χ1v) is 13.4. The summed E-state index contributed by atoms with van der Waals surface area (Å²) in [5.41, 5.74) is 2.75. The van der Waals surface area contributed by atoms with E-state index in [1.165, 1.54) is 6.42 Å². The molecule has 3 aromatic carbocycles. The van der Waals surface area contributed by atoms with Gasteiger partial charge in [0.2, 0.25) is 11.8 Å². The van der Waals surface area contributed by atoms with Gasteiger partial charge in [0, 0.05) is 29.1 Å². The highest BCUT2D eigenvalue weighted by atomic mass is 35.5. The third-order valence-electron chi connectivity index (χ3n) is 6.73. The van der Waals surface area contributed by atoms with Crippen molar-refractivity contribution in [1.29, 1.82) is 0 Å². The smallest absolute Gasteiger partial charge is 0.243 e. The van der Waals surface area contributed by atoms with Crippen LogP contribution < -0.4 is 5.32 Å². The van der Waals surface area contributed by atoms with E-state index in [1.807, 2.05) is 66.7 Å². The van der Waals surface area contributed by atoms with Crippen LogP contribution in [0.2, 0.25) is 10.0 Å². The van der Waals surface area contributed by atoms with Gasteiger partial charge < -0.3 is 10.2 Å². The van der Waals surface area contributed by atoms with E-state index < -0.39 is 6.04 Å². The Bertz CT molecular complexity index is 1150. The second kappa shape index (κ2) is 12.9. The summed E-state index contributed by atoms with van der Waals surface area (Å²) >= 11 is 12.3. The number of amides is 2. The van der Waals surface area contributed by atoms with E-state index >= 15 is 0 Å². The number of rotatable bonds is 9. The molecule has 1 aliphatic rings. The molecule has 4 rings (SSSR count). The summed E-state index contributed by atoms with van der Waals surface area (Å²) in [4.78, 5) is 29.3. The van der Waals surface area contributed by atoms with Crippen LogP contribution in [0.5, 0.6) is 0 Å². The van der Waals surface area contributed by atoms with E-state index in [0.717, 1.165) is 42.4 Å². The Labute approximate surface area is 223 Å². The highest BCUT2D eigenvalue weighted by Crippen LogP contribution is 2.21. The van der Waals surface area contributed by atoms with Gasteiger partial charge in [-0.3, -0.25) is 9.59 Å². The van der Waals surface area contributed by atoms with Gasteiger partial charge in [0.1, 0.15) is 6.04 Å². The molecule has 36 heavy (non-hydrogen) atoms. The van der Waals surface area contributed by atoms with Crippen LogP contribution in [-0.4, -0.2) is 28.8 Å². The van der Waals surface area contributed by atoms with Crippen LogP contribution in [0.25, 0.3) is 0 Å². The number of carbonyl (C=O) groups is 2. The second-order valence-electron chi connectivity index (χ2n) is 9.50. The second-order valence-corrected chi connectivity index (χ2v) is 10.4. The van der Waals surface area contributed by atoms with Crippen LogP contribution in [0.3, 0.4) is 0 Å². The lowest BCUT2D eigenvalue weighted by atomic mass is 9.94. The minimum absolute atomic E-state index is 0.0998. The van der Waals surface area contributed by atoms with Gasteiger partial charge in [0.15, 0.2) is 0 Å². The van der Waals surface area contributed by atoms with Gasteiger partial charge in [0.05, 0.1) is 6.42 Å². The Balaban J connectivity index is 1.65. The molecule has 1 atom stereocenters. The Morgan fingerprint density at radius 3 is 2.19 bits per heavy atom. The molecule has 0 radical (unpaired) electrons. The highest BCUT2D eigenvalue weighted by molar-refractivity contribution is 6.30. The van der Waals surface area contributed by atoms with Crippen molar-refractivity contribution in [3.05, 3.63) is 106 Å². The predicted octanol–water partition coefficient (Wildman–Crippen LogP) is 6.62. The number of benzene rings is 3. The summed E-state index contributed by atoms with van der Waals surface area (Å²) in [5.74, 6) is -0.214. The molecule has 0 unspecified atom stereocenters. The maximum atomic E-state index is 13.8. The summed E-state index contributed by atoms with van der Waals surface area (Å²) in [6, 6.07) is 24.1. The number of hydrogen-bond donors (Lipinski definition) is 1. The standard InChI is InChI=1S/C30H32Cl2N2O2/c31-25-16-14-23(15-17-25)20-29(35)34(21-24-10-7-11-26(32)18-24)28(19-22-8-3-1-4-9-22)30(36)33-27-12-5-2-6-13-27/h1,3-4,7-11,14-18,27-28H,2,5-6,12-13,19-21H2,(H,33,36)/t28-/m0/s1. The van der Waals surface area contributed by atoms with E-state index in [9.17, 15) is 9.59 Å². The fourth-order valence-electron chi connectivity index (χ4n) is 4.81. The van der Waals surface area contributed by atoms with E-state index in [0.29, 0.717) is 23.0 Å². The molecule has 1 fully saturated rings. The predicted molar refractivity (Wildman–Crippen MR) is 146 cm³/mol. The molecule has 0 heterocycles. The fourth-order valence-corrected chi connectivity index (χ4v) is 5.15. The third kappa shape index (κ3) is 7.59. The quantitative estimate of drug-likeness (QED) is 0.343. The SMILES string of the molecule is O=C(NC1CCCCC1)[C@H](Cc1ccccc1)N(Cc1cccc(Cl)c1)C(=O)Cc1ccc(Cl)cc1. The Morgan fingerprint density at radius 1 is 0.806 bits per heavy atom. The lowest BCUT2D eigenvalue weighted by Gasteiger charge is -2.33. The van der Waals surface area contributed by atoms with Crippen LogP contribution in [0.4, 0.5) is 0 Å². The molecule has 1 N–H and O–H groups in total. The van der Waals surface area contributed by atoms with Gasteiger partial charge in [-0.15, -0.1) is 0 Å². The average Bonchev–Trinajstić information content (AvgIpc) is 2.88. The van der Waals surface area contributed by atoms with Crippen LogP contribution in [0, 0.1) is 0 Å². The van der Waals surface area contributed by atoms with Gasteiger partial charge in [-0.25, -0.2) is 0 Å². The first-order chi connectivity index (χ1) is 17.5. The monoisotopic (exact) mass is 522 g/mol. The molecule has 3 aromatic rings. The van der Waals surface area contributed by atoms with Crippen LogP contribution in [0.1, 0.15) is 48.8 Å². The normalized spacial score (nSPS) is 14.7. The summed E-state index contributed by atoms with van der Waals surface area (Å²) in [6.45, 7) is 0.294. The summed E-state index contributed by atoms with van der Waals surface area (Å²) in [7, 11) is 0. The van der Waals surface area contributed by atoms with Crippen molar-refractivity contribution in [1.82, 2.24) is 10.2 Å². The zero-order valence-corrected chi connectivity index (χ0v) is 21.8. The highest BCUT2D eigenvalue weighted by Gasteiger charge is 2.32. The summed E-state index contributed by atoms with van der Waals surface area (Å²) < 4.78 is 0. The molecule has 1 saturated carbocycles. The third-order valence-corrected chi connectivity index (χ3v) is 7.22. The van der Waals surface area contributed by atoms with Gasteiger partial charge >= 0.3 is 0 Å². The number of hydrogen-bond acceptors (Lipinski definition) is 2. The molecule has 4 nitrogen and oxygen atoms in total. The minimum Gasteiger partial charge on any atom is -0.352 e. The Morgan fingerprint density at radius 2 is 1.50 bits per heavy atom. The number of halogens is 2. The van der Waals surface area contributed by atoms with Gasteiger partial charge in [-0.2, -0.15) is 0 Å². The molecule has 0 aliphatic heterocycles. The van der Waals surface area contributed by atoms with E-state index in [2.05, 4.69) is 5.32 Å². The van der Waals surface area contributed by atoms with Gasteiger partial charge in [-0.05, 0) is 53.8 Å². The molecular formula is C30H32Cl2N2O2. The molecule has 2 amide bonds. The van der Waals surface area contributed by atoms with Gasteiger partial charge in [-0.1, -0.05) is 97.1 Å². The van der Waals surface area contributed by atoms with Crippen molar-refractivity contribution in [2.75, 3.05) is 0 Å². The van der Waals surface area contributed by atoms with Gasteiger partial charge in [0.25, 0.3) is 0 Å². The van der Waals surface area contributed by atoms with Crippen LogP contribution in [0.15, 0.2) is 78.9 Å². The van der Waals surface area contributed by atoms with E-state index in [-0.39, 0.29) is 24.3 Å². The molecule has 0 spiro atoms. The summed E-state index contributed by atoms with van der Waals surface area (Å²) in [5, 5.41) is 4.49. The zero-order chi connectivity index (χ0) is 25.3. The molecule has 1 aliphatic carbocycles. The van der Waals surface area contributed by atoms with Crippen molar-refractivity contribution in [3.8, 4) is 0 Å². The largest absolute Gasteiger partial charge is 0.352 e. The summed E-state index contributed by atoms with van der Waals surface area (Å²) in [6.07, 6.45) is 6.03. The number of carbonyl (C=O) groups excluding carboxylic acids is 2. The molecule has 6 heteroatoms. The Kier molecular flexibility index (Phi) is 9.43. The van der Waals surface area contributed by atoms with Crippen molar-refractivity contribution in [3.63, 3.8) is 0 Å². The van der Waals surface area contributed by atoms with Crippen molar-refractivity contribution in [2.45, 2.75) is 63.6 Å². The first kappa shape index (κ1) is 26.2. The van der Waals surface area contributed by atoms with E-state index in [4.69, 9.17) is 23.2 Å². The van der Waals surface area contributed by atoms with Crippen LogP contribution >= 0.6 is 23.2 Å². The topological polar surface area (TPSA) is 49.4 Å². The van der Waals surface area contributed by atoms with Crippen molar-refractivity contribution in [2.24, 2.45) is 0 Å². The van der Waals surface area contributed by atoms with E-state index in [1.54, 1.807) is 17.0 Å². The molecule has 0 aromatic heterocycles. The van der Waals surface area contributed by atoms with Crippen molar-refractivity contribution < 1.29 is 9.59 Å². The lowest BCUT2D eigenvalue weighted by molar-refractivity contribution is -0.141. The molecule has 188 valence electrons. The number of nitrogens with zero attached hydrogens (tertiary/aromatic N) is 1. The first-order valence-electron chi connectivity index (χ1n) is 12.6. The lowest BCUT2D eigenvalue weighted by Crippen LogP contribution is -2.53. The van der Waals surface area contributed by atoms with Crippen LogP contribution in [-0.2, 0) is 29.0 Å². The number of nitrogens with one attached hydrogen (secondary N) is 1. The molecule has 0 saturated heterocycles. The molecular weight excluding hydrogens is 491 g/mol. The minimum atomic E-state index is -0.645. The van der Waals surface area contributed by atoms with Crippen molar-refractivity contribution >= 4 is 35.0 Å². The Hall–Kier alpha value is -2.82. The maximum absolute atomic E-state index is 13.8. The average molecular weight is 524 g/mol.